The van der Waals surface area contributed by atoms with Crippen LogP contribution in [0.2, 0.25) is 0 Å². The molecule has 17 heavy (non-hydrogen) atoms. The second-order valence-corrected chi connectivity index (χ2v) is 4.05. The molecule has 0 radical (unpaired) electrons. The maximum Gasteiger partial charge on any atom is 0.251 e. The van der Waals surface area contributed by atoms with Crippen LogP contribution >= 0.6 is 0 Å². The molecule has 0 aliphatic carbocycles. The normalized spacial score (nSPS) is 10.1. The van der Waals surface area contributed by atoms with Crippen molar-refractivity contribution in [3.63, 3.8) is 0 Å². The monoisotopic (exact) mass is 235 g/mol. The summed E-state index contributed by atoms with van der Waals surface area (Å²) in [5, 5.41) is 2.75. The van der Waals surface area contributed by atoms with Gasteiger partial charge in [-0.25, -0.2) is 0 Å². The average molecular weight is 235 g/mol. The van der Waals surface area contributed by atoms with Crippen LogP contribution in [-0.4, -0.2) is 26.0 Å². The van der Waals surface area contributed by atoms with Crippen molar-refractivity contribution in [1.82, 2.24) is 5.32 Å². The van der Waals surface area contributed by atoms with Gasteiger partial charge in [0, 0.05) is 25.7 Å². The molecule has 0 bridgehead atoms. The highest BCUT2D eigenvalue weighted by Gasteiger charge is 2.09. The zero-order chi connectivity index (χ0) is 12.8. The quantitative estimate of drug-likeness (QED) is 0.766. The van der Waals surface area contributed by atoms with E-state index in [1.165, 1.54) is 0 Å². The predicted molar refractivity (Wildman–Crippen MR) is 72.4 cm³/mol. The van der Waals surface area contributed by atoms with E-state index in [1.807, 2.05) is 26.1 Å². The maximum atomic E-state index is 11.6. The van der Waals surface area contributed by atoms with Gasteiger partial charge in [0.05, 0.1) is 11.4 Å². The van der Waals surface area contributed by atoms with Crippen molar-refractivity contribution in [2.45, 2.75) is 20.3 Å². The van der Waals surface area contributed by atoms with Crippen LogP contribution < -0.4 is 16.0 Å². The lowest BCUT2D eigenvalue weighted by atomic mass is 10.1. The molecule has 1 rings (SSSR count). The lowest BCUT2D eigenvalue weighted by molar-refractivity contribution is 0.0956. The number of hydrogen-bond donors (Lipinski definition) is 2. The summed E-state index contributed by atoms with van der Waals surface area (Å²) < 4.78 is 0. The smallest absolute Gasteiger partial charge is 0.251 e. The second-order valence-electron chi connectivity index (χ2n) is 4.05. The van der Waals surface area contributed by atoms with Gasteiger partial charge in [0.25, 0.3) is 5.91 Å². The fraction of sp³-hybridized carbons (Fsp3) is 0.462. The molecule has 0 aliphatic heterocycles. The second kappa shape index (κ2) is 6.13. The fourth-order valence-corrected chi connectivity index (χ4v) is 1.76. The summed E-state index contributed by atoms with van der Waals surface area (Å²) in [6.45, 7) is 5.58. The minimum atomic E-state index is -0.0797. The number of nitrogens with two attached hydrogens (primary N) is 1. The Labute approximate surface area is 103 Å². The molecule has 1 aromatic rings. The van der Waals surface area contributed by atoms with Crippen LogP contribution in [0, 0.1) is 0 Å². The zero-order valence-electron chi connectivity index (χ0n) is 10.8. The summed E-state index contributed by atoms with van der Waals surface area (Å²) in [5.41, 5.74) is 8.19. The molecule has 0 unspecified atom stereocenters. The molecule has 1 aromatic carbocycles. The first-order chi connectivity index (χ1) is 8.10. The molecule has 94 valence electrons. The summed E-state index contributed by atoms with van der Waals surface area (Å²) in [7, 11) is 2.00. The van der Waals surface area contributed by atoms with Crippen molar-refractivity contribution in [2.75, 3.05) is 30.8 Å². The molecule has 0 heterocycles. The van der Waals surface area contributed by atoms with Crippen LogP contribution in [0.1, 0.15) is 30.6 Å². The fourth-order valence-electron chi connectivity index (χ4n) is 1.76. The maximum absolute atomic E-state index is 11.6. The third kappa shape index (κ3) is 3.37. The van der Waals surface area contributed by atoms with Gasteiger partial charge in [-0.05, 0) is 31.5 Å². The van der Waals surface area contributed by atoms with Crippen molar-refractivity contribution in [3.05, 3.63) is 23.8 Å². The number of carbonyl (C=O) groups excluding carboxylic acids is 1. The van der Waals surface area contributed by atoms with E-state index in [1.54, 1.807) is 6.07 Å². The molecule has 3 N–H and O–H groups in total. The first-order valence-corrected chi connectivity index (χ1v) is 5.99. The number of rotatable bonds is 5. The first kappa shape index (κ1) is 13.4. The Morgan fingerprint density at radius 1 is 1.41 bits per heavy atom. The third-order valence-electron chi connectivity index (χ3n) is 2.60. The lowest BCUT2D eigenvalue weighted by Gasteiger charge is -2.20. The van der Waals surface area contributed by atoms with Crippen LogP contribution in [0.4, 0.5) is 11.4 Å². The van der Waals surface area contributed by atoms with Gasteiger partial charge in [0.1, 0.15) is 0 Å². The Kier molecular flexibility index (Phi) is 4.82. The molecular formula is C13H21N3O. The van der Waals surface area contributed by atoms with Crippen LogP contribution in [0.25, 0.3) is 0 Å². The van der Waals surface area contributed by atoms with Crippen molar-refractivity contribution in [3.8, 4) is 0 Å². The van der Waals surface area contributed by atoms with E-state index >= 15 is 0 Å². The molecule has 0 atom stereocenters. The van der Waals surface area contributed by atoms with E-state index in [0.717, 1.165) is 18.7 Å². The number of nitrogen functional groups attached to an aromatic ring is 1. The molecule has 4 heteroatoms. The molecule has 0 fully saturated rings. The number of nitrogens with one attached hydrogen (secondary N) is 1. The molecule has 1 amide bonds. The van der Waals surface area contributed by atoms with Crippen molar-refractivity contribution in [1.29, 1.82) is 0 Å². The van der Waals surface area contributed by atoms with Crippen molar-refractivity contribution in [2.24, 2.45) is 0 Å². The Bertz CT molecular complexity index is 390. The van der Waals surface area contributed by atoms with E-state index in [2.05, 4.69) is 17.1 Å². The summed E-state index contributed by atoms with van der Waals surface area (Å²) >= 11 is 0. The van der Waals surface area contributed by atoms with E-state index in [4.69, 9.17) is 5.73 Å². The summed E-state index contributed by atoms with van der Waals surface area (Å²) in [6, 6.07) is 5.44. The molecule has 0 saturated carbocycles. The molecule has 4 nitrogen and oxygen atoms in total. The first-order valence-electron chi connectivity index (χ1n) is 5.99. The third-order valence-corrected chi connectivity index (χ3v) is 2.60. The Hall–Kier alpha value is -1.71. The standard InChI is InChI=1S/C13H21N3O/c1-4-8-16(3)12-7-6-10(9-11(12)14)13(17)15-5-2/h6-7,9H,4-5,8,14H2,1-3H3,(H,15,17). The van der Waals surface area contributed by atoms with Crippen LogP contribution in [0.5, 0.6) is 0 Å². The highest BCUT2D eigenvalue weighted by molar-refractivity contribution is 5.96. The summed E-state index contributed by atoms with van der Waals surface area (Å²) in [6.07, 6.45) is 1.06. The largest absolute Gasteiger partial charge is 0.397 e. The number of carbonyl (C=O) groups is 1. The van der Waals surface area contributed by atoms with E-state index < -0.39 is 0 Å². The highest BCUT2D eigenvalue weighted by Crippen LogP contribution is 2.23. The topological polar surface area (TPSA) is 58.4 Å². The molecular weight excluding hydrogens is 214 g/mol. The van der Waals surface area contributed by atoms with Crippen LogP contribution in [0.3, 0.4) is 0 Å². The lowest BCUT2D eigenvalue weighted by Crippen LogP contribution is -2.23. The highest BCUT2D eigenvalue weighted by atomic mass is 16.1. The van der Waals surface area contributed by atoms with Gasteiger partial charge in [-0.2, -0.15) is 0 Å². The van der Waals surface area contributed by atoms with Crippen molar-refractivity contribution >= 4 is 17.3 Å². The number of hydrogen-bond acceptors (Lipinski definition) is 3. The number of amides is 1. The van der Waals surface area contributed by atoms with Gasteiger partial charge in [-0.3, -0.25) is 4.79 Å². The average Bonchev–Trinajstić information content (AvgIpc) is 2.29. The number of nitrogens with zero attached hydrogens (tertiary/aromatic N) is 1. The Balaban J connectivity index is 2.89. The molecule has 0 aliphatic rings. The number of benzene rings is 1. The SMILES string of the molecule is CCCN(C)c1ccc(C(=O)NCC)cc1N. The number of anilines is 2. The molecule has 0 spiro atoms. The Morgan fingerprint density at radius 3 is 2.65 bits per heavy atom. The van der Waals surface area contributed by atoms with E-state index in [0.29, 0.717) is 17.8 Å². The van der Waals surface area contributed by atoms with Gasteiger partial charge in [-0.1, -0.05) is 6.92 Å². The van der Waals surface area contributed by atoms with Gasteiger partial charge < -0.3 is 16.0 Å². The minimum absolute atomic E-state index is 0.0797. The van der Waals surface area contributed by atoms with Crippen LogP contribution in [-0.2, 0) is 0 Å². The van der Waals surface area contributed by atoms with Gasteiger partial charge in [0.2, 0.25) is 0 Å². The zero-order valence-corrected chi connectivity index (χ0v) is 10.8. The van der Waals surface area contributed by atoms with Gasteiger partial charge in [0.15, 0.2) is 0 Å². The predicted octanol–water partition coefficient (Wildman–Crippen LogP) is 1.86. The van der Waals surface area contributed by atoms with E-state index in [-0.39, 0.29) is 5.91 Å². The molecule has 0 aromatic heterocycles. The van der Waals surface area contributed by atoms with Crippen molar-refractivity contribution < 1.29 is 4.79 Å². The minimum Gasteiger partial charge on any atom is -0.397 e. The van der Waals surface area contributed by atoms with Gasteiger partial charge in [-0.15, -0.1) is 0 Å². The van der Waals surface area contributed by atoms with E-state index in [9.17, 15) is 4.79 Å². The molecule has 0 saturated heterocycles. The summed E-state index contributed by atoms with van der Waals surface area (Å²) in [4.78, 5) is 13.7. The van der Waals surface area contributed by atoms with Gasteiger partial charge >= 0.3 is 0 Å². The summed E-state index contributed by atoms with van der Waals surface area (Å²) in [5.74, 6) is -0.0797. The Morgan fingerprint density at radius 2 is 2.12 bits per heavy atom. The van der Waals surface area contributed by atoms with Crippen LogP contribution in [0.15, 0.2) is 18.2 Å².